The fourth-order valence-electron chi connectivity index (χ4n) is 7.35. The van der Waals surface area contributed by atoms with Gasteiger partial charge in [0.05, 0.1) is 18.6 Å². The first-order valence-electron chi connectivity index (χ1n) is 16.2. The number of rotatable bonds is 8. The number of phenolic OH excluding ortho intramolecular Hbond substituents is 1. The van der Waals surface area contributed by atoms with E-state index in [4.69, 9.17) is 4.98 Å². The van der Waals surface area contributed by atoms with Crippen molar-refractivity contribution in [1.29, 1.82) is 0 Å². The molecule has 238 valence electrons. The molecule has 6 rings (SSSR count). The van der Waals surface area contributed by atoms with Crippen LogP contribution in [0.3, 0.4) is 0 Å². The third-order valence-corrected chi connectivity index (χ3v) is 9.62. The lowest BCUT2D eigenvalue weighted by Gasteiger charge is -2.54. The van der Waals surface area contributed by atoms with Crippen molar-refractivity contribution >= 4 is 34.4 Å². The maximum atomic E-state index is 14.4. The van der Waals surface area contributed by atoms with Crippen molar-refractivity contribution in [1.82, 2.24) is 24.8 Å². The number of phenols is 1. The molecule has 0 spiro atoms. The fraction of sp³-hybridized carbons (Fsp3) is 0.486. The predicted octanol–water partition coefficient (Wildman–Crippen LogP) is 4.16. The lowest BCUT2D eigenvalue weighted by Crippen LogP contribution is -2.75. The van der Waals surface area contributed by atoms with E-state index >= 15 is 0 Å². The molecule has 45 heavy (non-hydrogen) atoms. The standard InChI is InChI=1S/C35H44N6O4/c1-37(2)34-27(20-26-11-7-8-12-29(26)36-34)21-39-22-31-40(30(35(39)45)19-25-13-16-28(42)17-14-25)33(44)23-38(3)41(31)32(43)18-15-24-9-5-4-6-10-24/h7-8,11-14,16-17,20,24,30-31,42H,4-6,9-10,15,18-19,21-23H2,1-3H3/t30-,31?/m0/s1. The molecule has 1 saturated carbocycles. The molecule has 3 heterocycles. The highest BCUT2D eigenvalue weighted by molar-refractivity contribution is 5.92. The smallest absolute Gasteiger partial charge is 0.246 e. The van der Waals surface area contributed by atoms with E-state index in [9.17, 15) is 19.5 Å². The number of aromatic nitrogens is 1. The third kappa shape index (κ3) is 6.47. The van der Waals surface area contributed by atoms with Gasteiger partial charge in [-0.05, 0) is 42.2 Å². The molecule has 2 saturated heterocycles. The first-order valence-corrected chi connectivity index (χ1v) is 16.2. The Morgan fingerprint density at radius 1 is 1.02 bits per heavy atom. The minimum absolute atomic E-state index is 0.00962. The minimum atomic E-state index is -0.792. The zero-order valence-corrected chi connectivity index (χ0v) is 26.6. The molecule has 1 aromatic heterocycles. The molecule has 0 radical (unpaired) electrons. The Bertz CT molecular complexity index is 1550. The molecule has 3 aromatic rings. The first kappa shape index (κ1) is 30.8. The molecule has 1 unspecified atom stereocenters. The zero-order valence-electron chi connectivity index (χ0n) is 26.6. The van der Waals surface area contributed by atoms with Crippen LogP contribution >= 0.6 is 0 Å². The van der Waals surface area contributed by atoms with Crippen LogP contribution in [0.2, 0.25) is 0 Å². The van der Waals surface area contributed by atoms with Crippen molar-refractivity contribution in [3.8, 4) is 5.75 Å². The molecular weight excluding hydrogens is 568 g/mol. The molecule has 2 aliphatic heterocycles. The zero-order chi connectivity index (χ0) is 31.7. The Labute approximate surface area is 265 Å². The van der Waals surface area contributed by atoms with Crippen molar-refractivity contribution in [3.05, 3.63) is 65.7 Å². The van der Waals surface area contributed by atoms with Crippen LogP contribution < -0.4 is 4.90 Å². The van der Waals surface area contributed by atoms with E-state index in [2.05, 4.69) is 6.07 Å². The van der Waals surface area contributed by atoms with E-state index in [0.717, 1.165) is 34.3 Å². The molecular formula is C35H44N6O4. The first-order chi connectivity index (χ1) is 21.7. The van der Waals surface area contributed by atoms with Crippen LogP contribution in [-0.2, 0) is 27.3 Å². The van der Waals surface area contributed by atoms with Gasteiger partial charge < -0.3 is 19.8 Å². The second-order valence-corrected chi connectivity index (χ2v) is 13.0. The minimum Gasteiger partial charge on any atom is -0.508 e. The van der Waals surface area contributed by atoms with Crippen molar-refractivity contribution in [2.24, 2.45) is 5.92 Å². The number of carbonyl (C=O) groups is 3. The fourth-order valence-corrected chi connectivity index (χ4v) is 7.35. The number of benzene rings is 2. The van der Waals surface area contributed by atoms with Gasteiger partial charge >= 0.3 is 0 Å². The van der Waals surface area contributed by atoms with Gasteiger partial charge in [0.15, 0.2) is 0 Å². The number of hydrogen-bond donors (Lipinski definition) is 1. The van der Waals surface area contributed by atoms with E-state index in [1.54, 1.807) is 51.1 Å². The number of likely N-dealkylation sites (N-methyl/N-ethyl adjacent to an activating group) is 1. The normalized spacial score (nSPS) is 21.4. The van der Waals surface area contributed by atoms with Gasteiger partial charge in [0, 0.05) is 51.5 Å². The highest BCUT2D eigenvalue weighted by Gasteiger charge is 2.50. The number of hydrogen-bond acceptors (Lipinski definition) is 7. The van der Waals surface area contributed by atoms with Crippen LogP contribution in [0.15, 0.2) is 54.6 Å². The summed E-state index contributed by atoms with van der Waals surface area (Å²) < 4.78 is 0. The van der Waals surface area contributed by atoms with Crippen LogP contribution in [0.4, 0.5) is 5.82 Å². The van der Waals surface area contributed by atoms with E-state index < -0.39 is 12.2 Å². The average Bonchev–Trinajstić information content (AvgIpc) is 3.03. The van der Waals surface area contributed by atoms with Crippen molar-refractivity contribution < 1.29 is 19.5 Å². The van der Waals surface area contributed by atoms with Crippen molar-refractivity contribution in [2.45, 2.75) is 70.1 Å². The molecule has 2 aromatic carbocycles. The monoisotopic (exact) mass is 612 g/mol. The van der Waals surface area contributed by atoms with E-state index in [1.807, 2.05) is 43.3 Å². The number of para-hydroxylation sites is 1. The number of piperazine rings is 1. The maximum Gasteiger partial charge on any atom is 0.246 e. The molecule has 1 aliphatic carbocycles. The molecule has 3 amide bonds. The summed E-state index contributed by atoms with van der Waals surface area (Å²) in [4.78, 5) is 52.3. The van der Waals surface area contributed by atoms with Crippen molar-refractivity contribution in [2.75, 3.05) is 39.1 Å². The van der Waals surface area contributed by atoms with Gasteiger partial charge in [-0.25, -0.2) is 9.99 Å². The van der Waals surface area contributed by atoms with Crippen LogP contribution in [0, 0.1) is 5.92 Å². The van der Waals surface area contributed by atoms with Gasteiger partial charge in [0.2, 0.25) is 17.7 Å². The highest BCUT2D eigenvalue weighted by Crippen LogP contribution is 2.33. The Morgan fingerprint density at radius 3 is 2.49 bits per heavy atom. The maximum absolute atomic E-state index is 14.4. The summed E-state index contributed by atoms with van der Waals surface area (Å²) in [5.74, 6) is 1.13. The summed E-state index contributed by atoms with van der Waals surface area (Å²) in [6.07, 6.45) is 6.98. The topological polar surface area (TPSA) is 101 Å². The summed E-state index contributed by atoms with van der Waals surface area (Å²) in [6.45, 7) is 0.531. The molecule has 10 nitrogen and oxygen atoms in total. The Hall–Kier alpha value is -4.18. The molecule has 10 heteroatoms. The molecule has 3 fully saturated rings. The SMILES string of the molecule is CN(C)c1nc2ccccc2cc1CN1CC2N(C(=O)CN(C)N2C(=O)CCC2CCCCC2)[C@@H](Cc2ccc(O)cc2)C1=O. The Balaban J connectivity index is 1.34. The Kier molecular flexibility index (Phi) is 8.94. The third-order valence-electron chi connectivity index (χ3n) is 9.62. The lowest BCUT2D eigenvalue weighted by atomic mass is 9.86. The van der Waals surface area contributed by atoms with Gasteiger partial charge in [0.25, 0.3) is 0 Å². The summed E-state index contributed by atoms with van der Waals surface area (Å²) >= 11 is 0. The quantitative estimate of drug-likeness (QED) is 0.408. The van der Waals surface area contributed by atoms with Crippen LogP contribution in [0.25, 0.3) is 10.9 Å². The van der Waals surface area contributed by atoms with Gasteiger partial charge in [-0.15, -0.1) is 0 Å². The number of anilines is 1. The van der Waals surface area contributed by atoms with Gasteiger partial charge in [-0.3, -0.25) is 19.4 Å². The summed E-state index contributed by atoms with van der Waals surface area (Å²) in [6, 6.07) is 16.0. The number of aromatic hydroxyl groups is 1. The number of hydrazine groups is 1. The van der Waals surface area contributed by atoms with Gasteiger partial charge in [-0.1, -0.05) is 62.4 Å². The Morgan fingerprint density at radius 2 is 1.76 bits per heavy atom. The van der Waals surface area contributed by atoms with E-state index in [-0.39, 0.29) is 43.0 Å². The predicted molar refractivity (Wildman–Crippen MR) is 173 cm³/mol. The molecule has 1 N–H and O–H groups in total. The van der Waals surface area contributed by atoms with Crippen LogP contribution in [-0.4, -0.2) is 94.1 Å². The largest absolute Gasteiger partial charge is 0.508 e. The molecule has 0 bridgehead atoms. The number of fused-ring (bicyclic) bond motifs is 2. The molecule has 3 aliphatic rings. The van der Waals surface area contributed by atoms with Gasteiger partial charge in [0.1, 0.15) is 23.8 Å². The number of nitrogens with zero attached hydrogens (tertiary/aromatic N) is 6. The lowest BCUT2D eigenvalue weighted by molar-refractivity contribution is -0.203. The number of amides is 3. The summed E-state index contributed by atoms with van der Waals surface area (Å²) in [5.41, 5.74) is 2.60. The van der Waals surface area contributed by atoms with Crippen LogP contribution in [0.5, 0.6) is 5.75 Å². The van der Waals surface area contributed by atoms with E-state index in [0.29, 0.717) is 18.9 Å². The average molecular weight is 613 g/mol. The van der Waals surface area contributed by atoms with E-state index in [1.165, 1.54) is 32.1 Å². The number of pyridine rings is 1. The summed E-state index contributed by atoms with van der Waals surface area (Å²) in [7, 11) is 5.67. The van der Waals surface area contributed by atoms with Gasteiger partial charge in [-0.2, -0.15) is 0 Å². The van der Waals surface area contributed by atoms with Crippen molar-refractivity contribution in [3.63, 3.8) is 0 Å². The van der Waals surface area contributed by atoms with Crippen LogP contribution in [0.1, 0.15) is 56.1 Å². The second-order valence-electron chi connectivity index (χ2n) is 13.0. The highest BCUT2D eigenvalue weighted by atomic mass is 16.3. The number of carbonyl (C=O) groups excluding carboxylic acids is 3. The summed E-state index contributed by atoms with van der Waals surface area (Å²) in [5, 5.41) is 14.3. The molecule has 2 atom stereocenters. The second kappa shape index (κ2) is 13.0.